The van der Waals surface area contributed by atoms with Crippen LogP contribution in [0.15, 0.2) is 23.0 Å². The van der Waals surface area contributed by atoms with Gasteiger partial charge in [0.15, 0.2) is 0 Å². The van der Waals surface area contributed by atoms with Crippen LogP contribution in [0.2, 0.25) is 0 Å². The predicted molar refractivity (Wildman–Crippen MR) is 52.6 cm³/mol. The van der Waals surface area contributed by atoms with Crippen LogP contribution < -0.4 is 11.3 Å². The molecule has 0 radical (unpaired) electrons. The van der Waals surface area contributed by atoms with Crippen LogP contribution in [0, 0.1) is 0 Å². The van der Waals surface area contributed by atoms with E-state index >= 15 is 0 Å². The van der Waals surface area contributed by atoms with E-state index in [2.05, 4.69) is 0 Å². The number of nitrogens with zero attached hydrogens (tertiary/aromatic N) is 2. The zero-order valence-corrected chi connectivity index (χ0v) is 7.61. The maximum absolute atomic E-state index is 11.6. The van der Waals surface area contributed by atoms with Crippen LogP contribution in [0.5, 0.6) is 0 Å². The summed E-state index contributed by atoms with van der Waals surface area (Å²) in [6.45, 7) is 0. The minimum Gasteiger partial charge on any atom is -0.398 e. The van der Waals surface area contributed by atoms with Gasteiger partial charge in [0.25, 0.3) is 5.56 Å². The Bertz CT molecular complexity index is 521. The first-order valence-corrected chi connectivity index (χ1v) is 4.03. The minimum absolute atomic E-state index is 0.0457. The molecule has 2 aromatic rings. The summed E-state index contributed by atoms with van der Waals surface area (Å²) in [5.74, 6) is 0. The third-order valence-electron chi connectivity index (χ3n) is 2.38. The highest BCUT2D eigenvalue weighted by atomic mass is 16.1. The predicted octanol–water partition coefficient (Wildman–Crippen LogP) is 0.459. The van der Waals surface area contributed by atoms with Crippen molar-refractivity contribution in [1.82, 2.24) is 9.36 Å². The number of nitrogen functional groups attached to an aromatic ring is 1. The molecule has 1 heterocycles. The van der Waals surface area contributed by atoms with Crippen LogP contribution >= 0.6 is 0 Å². The second kappa shape index (κ2) is 2.39. The monoisotopic (exact) mass is 177 g/mol. The Labute approximate surface area is 75.2 Å². The quantitative estimate of drug-likeness (QED) is 0.594. The van der Waals surface area contributed by atoms with Gasteiger partial charge < -0.3 is 5.73 Å². The molecule has 2 rings (SSSR count). The third kappa shape index (κ3) is 0.884. The molecule has 0 saturated carbocycles. The Morgan fingerprint density at radius 2 is 1.92 bits per heavy atom. The number of aryl methyl sites for hydroxylation is 1. The van der Waals surface area contributed by atoms with Crippen LogP contribution in [0.25, 0.3) is 10.9 Å². The topological polar surface area (TPSA) is 52.9 Å². The van der Waals surface area contributed by atoms with Gasteiger partial charge in [-0.05, 0) is 12.1 Å². The van der Waals surface area contributed by atoms with E-state index < -0.39 is 0 Å². The van der Waals surface area contributed by atoms with Crippen molar-refractivity contribution in [3.8, 4) is 0 Å². The molecule has 4 heteroatoms. The molecule has 0 aliphatic carbocycles. The SMILES string of the molecule is Cn1c(=O)c2c(N)cccc2n1C. The molecular weight excluding hydrogens is 166 g/mol. The normalized spacial score (nSPS) is 10.9. The summed E-state index contributed by atoms with van der Waals surface area (Å²) in [4.78, 5) is 11.6. The first-order chi connectivity index (χ1) is 6.13. The zero-order valence-electron chi connectivity index (χ0n) is 7.61. The first kappa shape index (κ1) is 7.91. The molecule has 0 fully saturated rings. The Balaban J connectivity index is 3.12. The van der Waals surface area contributed by atoms with Gasteiger partial charge in [0.05, 0.1) is 10.9 Å². The van der Waals surface area contributed by atoms with Crippen molar-refractivity contribution < 1.29 is 0 Å². The summed E-state index contributed by atoms with van der Waals surface area (Å²) in [5, 5.41) is 0.604. The van der Waals surface area contributed by atoms with E-state index in [0.717, 1.165) is 5.52 Å². The van der Waals surface area contributed by atoms with Crippen LogP contribution in [-0.4, -0.2) is 9.36 Å². The number of fused-ring (bicyclic) bond motifs is 1. The van der Waals surface area contributed by atoms with Crippen LogP contribution in [0.4, 0.5) is 5.69 Å². The molecule has 0 amide bonds. The largest absolute Gasteiger partial charge is 0.398 e. The highest BCUT2D eigenvalue weighted by molar-refractivity contribution is 5.89. The maximum Gasteiger partial charge on any atom is 0.276 e. The number of rotatable bonds is 0. The van der Waals surface area contributed by atoms with E-state index in [9.17, 15) is 4.79 Å². The van der Waals surface area contributed by atoms with E-state index in [4.69, 9.17) is 5.73 Å². The van der Waals surface area contributed by atoms with Gasteiger partial charge in [-0.1, -0.05) is 6.07 Å². The van der Waals surface area contributed by atoms with Gasteiger partial charge in [0, 0.05) is 19.8 Å². The lowest BCUT2D eigenvalue weighted by Crippen LogP contribution is -2.16. The Kier molecular flexibility index (Phi) is 1.45. The maximum atomic E-state index is 11.6. The fourth-order valence-corrected chi connectivity index (χ4v) is 1.52. The summed E-state index contributed by atoms with van der Waals surface area (Å²) in [6, 6.07) is 5.47. The second-order valence-corrected chi connectivity index (χ2v) is 3.09. The van der Waals surface area contributed by atoms with Crippen molar-refractivity contribution in [1.29, 1.82) is 0 Å². The van der Waals surface area contributed by atoms with E-state index in [-0.39, 0.29) is 5.56 Å². The van der Waals surface area contributed by atoms with Crippen LogP contribution in [0.3, 0.4) is 0 Å². The molecule has 68 valence electrons. The van der Waals surface area contributed by atoms with Gasteiger partial charge in [-0.15, -0.1) is 0 Å². The molecular formula is C9H11N3O. The van der Waals surface area contributed by atoms with Gasteiger partial charge in [0.2, 0.25) is 0 Å². The van der Waals surface area contributed by atoms with Crippen molar-refractivity contribution >= 4 is 16.6 Å². The van der Waals surface area contributed by atoms with Gasteiger partial charge in [-0.25, -0.2) is 0 Å². The second-order valence-electron chi connectivity index (χ2n) is 3.09. The third-order valence-corrected chi connectivity index (χ3v) is 2.38. The van der Waals surface area contributed by atoms with Gasteiger partial charge >= 0.3 is 0 Å². The van der Waals surface area contributed by atoms with Crippen molar-refractivity contribution in [3.63, 3.8) is 0 Å². The fourth-order valence-electron chi connectivity index (χ4n) is 1.52. The van der Waals surface area contributed by atoms with Gasteiger partial charge in [0.1, 0.15) is 0 Å². The van der Waals surface area contributed by atoms with Crippen molar-refractivity contribution in [2.75, 3.05) is 5.73 Å². The molecule has 0 bridgehead atoms. The molecule has 2 N–H and O–H groups in total. The average molecular weight is 177 g/mol. The van der Waals surface area contributed by atoms with E-state index in [1.54, 1.807) is 22.5 Å². The zero-order chi connectivity index (χ0) is 9.59. The number of aromatic nitrogens is 2. The summed E-state index contributed by atoms with van der Waals surface area (Å²) in [7, 11) is 3.56. The molecule has 0 aliphatic rings. The lowest BCUT2D eigenvalue weighted by Gasteiger charge is -1.99. The number of anilines is 1. The number of benzene rings is 1. The number of hydrogen-bond donors (Lipinski definition) is 1. The van der Waals surface area contributed by atoms with Gasteiger partial charge in [-0.3, -0.25) is 14.2 Å². The van der Waals surface area contributed by atoms with E-state index in [0.29, 0.717) is 11.1 Å². The number of hydrogen-bond acceptors (Lipinski definition) is 2. The lowest BCUT2D eigenvalue weighted by atomic mass is 10.2. The molecule has 0 atom stereocenters. The standard InChI is InChI=1S/C9H11N3O/c1-11-7-5-3-4-6(10)8(7)9(13)12(11)2/h3-5H,10H2,1-2H3. The minimum atomic E-state index is -0.0457. The highest BCUT2D eigenvalue weighted by Gasteiger charge is 2.09. The molecule has 1 aromatic carbocycles. The van der Waals surface area contributed by atoms with Crippen molar-refractivity contribution in [3.05, 3.63) is 28.6 Å². The lowest BCUT2D eigenvalue weighted by molar-refractivity contribution is 0.595. The molecule has 13 heavy (non-hydrogen) atoms. The average Bonchev–Trinajstić information content (AvgIpc) is 2.33. The molecule has 4 nitrogen and oxygen atoms in total. The van der Waals surface area contributed by atoms with Crippen LogP contribution in [-0.2, 0) is 14.1 Å². The molecule has 0 aliphatic heterocycles. The molecule has 0 saturated heterocycles. The Hall–Kier alpha value is -1.71. The fraction of sp³-hybridized carbons (Fsp3) is 0.222. The number of nitrogens with two attached hydrogens (primary N) is 1. The smallest absolute Gasteiger partial charge is 0.276 e. The van der Waals surface area contributed by atoms with Gasteiger partial charge in [-0.2, -0.15) is 0 Å². The summed E-state index contributed by atoms with van der Waals surface area (Å²) >= 11 is 0. The molecule has 0 unspecified atom stereocenters. The van der Waals surface area contributed by atoms with Crippen molar-refractivity contribution in [2.24, 2.45) is 14.1 Å². The molecule has 0 spiro atoms. The van der Waals surface area contributed by atoms with Crippen LogP contribution in [0.1, 0.15) is 0 Å². The summed E-state index contributed by atoms with van der Waals surface area (Å²) in [6.07, 6.45) is 0. The summed E-state index contributed by atoms with van der Waals surface area (Å²) in [5.41, 5.74) is 7.08. The van der Waals surface area contributed by atoms with E-state index in [1.807, 2.05) is 19.2 Å². The highest BCUT2D eigenvalue weighted by Crippen LogP contribution is 2.16. The Morgan fingerprint density at radius 3 is 2.54 bits per heavy atom. The summed E-state index contributed by atoms with van der Waals surface area (Å²) < 4.78 is 3.33. The van der Waals surface area contributed by atoms with Crippen molar-refractivity contribution in [2.45, 2.75) is 0 Å². The first-order valence-electron chi connectivity index (χ1n) is 4.03. The van der Waals surface area contributed by atoms with E-state index in [1.165, 1.54) is 0 Å². The molecule has 1 aromatic heterocycles. The Morgan fingerprint density at radius 1 is 1.23 bits per heavy atom.